The molecule has 0 aromatic heterocycles. The first kappa shape index (κ1) is 16.7. The van der Waals surface area contributed by atoms with Gasteiger partial charge in [0.2, 0.25) is 0 Å². The molecule has 0 fully saturated rings. The van der Waals surface area contributed by atoms with E-state index >= 15 is 0 Å². The van der Waals surface area contributed by atoms with Gasteiger partial charge in [0.25, 0.3) is 0 Å². The molecule has 0 aromatic carbocycles. The number of rotatable bonds is 7. The molecule has 0 aliphatic heterocycles. The van der Waals surface area contributed by atoms with Crippen molar-refractivity contribution in [2.45, 2.75) is 59.5 Å². The van der Waals surface area contributed by atoms with Crippen molar-refractivity contribution in [3.8, 4) is 0 Å². The number of urea groups is 1. The van der Waals surface area contributed by atoms with E-state index in [1.54, 1.807) is 13.8 Å². The zero-order valence-electron chi connectivity index (χ0n) is 12.0. The Kier molecular flexibility index (Phi) is 7.39. The molecule has 0 aromatic rings. The van der Waals surface area contributed by atoms with Crippen molar-refractivity contribution in [2.75, 3.05) is 0 Å². The summed E-state index contributed by atoms with van der Waals surface area (Å²) in [6.07, 6.45) is 2.03. The summed E-state index contributed by atoms with van der Waals surface area (Å²) >= 11 is 0. The van der Waals surface area contributed by atoms with Crippen molar-refractivity contribution in [1.29, 1.82) is 0 Å². The van der Waals surface area contributed by atoms with E-state index in [0.717, 1.165) is 12.8 Å². The fraction of sp³-hybridized carbons (Fsp3) is 0.846. The highest BCUT2D eigenvalue weighted by molar-refractivity contribution is 5.76. The minimum absolute atomic E-state index is 0.0901. The number of amides is 2. The minimum atomic E-state index is -0.907. The van der Waals surface area contributed by atoms with Crippen LogP contribution in [-0.4, -0.2) is 29.2 Å². The number of hydrogen-bond acceptors (Lipinski definition) is 2. The third-order valence-electron chi connectivity index (χ3n) is 3.61. The number of carboxylic acid groups (broad SMARTS) is 1. The first-order valence-corrected chi connectivity index (χ1v) is 6.63. The number of carbonyl (C=O) groups is 2. The summed E-state index contributed by atoms with van der Waals surface area (Å²) in [7, 11) is 0. The van der Waals surface area contributed by atoms with Gasteiger partial charge in [0, 0.05) is 12.1 Å². The van der Waals surface area contributed by atoms with E-state index in [-0.39, 0.29) is 12.1 Å². The maximum atomic E-state index is 11.7. The summed E-state index contributed by atoms with van der Waals surface area (Å²) in [6, 6.07) is -0.598. The van der Waals surface area contributed by atoms with Crippen molar-refractivity contribution in [2.24, 2.45) is 11.8 Å². The minimum Gasteiger partial charge on any atom is -0.481 e. The second-order valence-electron chi connectivity index (χ2n) is 4.90. The normalized spacial score (nSPS) is 15.9. The van der Waals surface area contributed by atoms with Gasteiger partial charge in [0.15, 0.2) is 0 Å². The van der Waals surface area contributed by atoms with E-state index in [4.69, 9.17) is 5.11 Å². The number of carbonyl (C=O) groups excluding carboxylic acids is 1. The largest absolute Gasteiger partial charge is 0.481 e. The fourth-order valence-corrected chi connectivity index (χ4v) is 1.91. The Hall–Kier alpha value is -1.26. The predicted octanol–water partition coefficient (Wildman–Crippen LogP) is 2.22. The first-order valence-electron chi connectivity index (χ1n) is 6.63. The Bertz CT molecular complexity index is 277. The van der Waals surface area contributed by atoms with Gasteiger partial charge in [-0.1, -0.05) is 26.7 Å². The van der Waals surface area contributed by atoms with Gasteiger partial charge in [-0.25, -0.2) is 4.79 Å². The lowest BCUT2D eigenvalue weighted by Crippen LogP contribution is -2.49. The molecule has 5 heteroatoms. The molecule has 0 saturated carbocycles. The monoisotopic (exact) mass is 258 g/mol. The summed E-state index contributed by atoms with van der Waals surface area (Å²) in [5.41, 5.74) is 0. The molecule has 0 spiro atoms. The summed E-state index contributed by atoms with van der Waals surface area (Å²) < 4.78 is 0. The van der Waals surface area contributed by atoms with Crippen LogP contribution in [0.4, 0.5) is 4.79 Å². The maximum absolute atomic E-state index is 11.7. The number of aliphatic carboxylic acids is 1. The van der Waals surface area contributed by atoms with E-state index in [0.29, 0.717) is 5.92 Å². The Balaban J connectivity index is 4.22. The van der Waals surface area contributed by atoms with Gasteiger partial charge in [-0.3, -0.25) is 4.79 Å². The average molecular weight is 258 g/mol. The van der Waals surface area contributed by atoms with Gasteiger partial charge in [-0.05, 0) is 26.7 Å². The van der Waals surface area contributed by atoms with E-state index in [9.17, 15) is 9.59 Å². The lowest BCUT2D eigenvalue weighted by Gasteiger charge is -2.24. The summed E-state index contributed by atoms with van der Waals surface area (Å²) in [6.45, 7) is 9.44. The molecule has 0 bridgehead atoms. The van der Waals surface area contributed by atoms with Crippen LogP contribution < -0.4 is 10.6 Å². The van der Waals surface area contributed by atoms with Crippen molar-refractivity contribution in [3.63, 3.8) is 0 Å². The second kappa shape index (κ2) is 7.95. The van der Waals surface area contributed by atoms with Crippen LogP contribution in [-0.2, 0) is 4.79 Å². The third-order valence-corrected chi connectivity index (χ3v) is 3.61. The highest BCUT2D eigenvalue weighted by Gasteiger charge is 2.22. The van der Waals surface area contributed by atoms with Crippen molar-refractivity contribution < 1.29 is 14.7 Å². The number of carboxylic acids is 1. The average Bonchev–Trinajstić information content (AvgIpc) is 2.28. The number of hydrogen-bond donors (Lipinski definition) is 3. The summed E-state index contributed by atoms with van der Waals surface area (Å²) in [5.74, 6) is -1.06. The number of nitrogens with one attached hydrogen (secondary N) is 2. The van der Waals surface area contributed by atoms with Gasteiger partial charge < -0.3 is 15.7 Å². The molecule has 106 valence electrons. The molecule has 18 heavy (non-hydrogen) atoms. The smallest absolute Gasteiger partial charge is 0.315 e. The SMILES string of the molecule is CCC(CC)C(C)NC(=O)NC(C)C(C)C(=O)O. The summed E-state index contributed by atoms with van der Waals surface area (Å²) in [4.78, 5) is 22.5. The summed E-state index contributed by atoms with van der Waals surface area (Å²) in [5, 5.41) is 14.4. The Morgan fingerprint density at radius 3 is 1.83 bits per heavy atom. The molecule has 3 N–H and O–H groups in total. The molecule has 3 unspecified atom stereocenters. The predicted molar refractivity (Wildman–Crippen MR) is 71.5 cm³/mol. The quantitative estimate of drug-likeness (QED) is 0.655. The lowest BCUT2D eigenvalue weighted by molar-refractivity contribution is -0.141. The first-order chi connectivity index (χ1) is 8.33. The highest BCUT2D eigenvalue weighted by atomic mass is 16.4. The Labute approximate surface area is 109 Å². The molecule has 0 heterocycles. The van der Waals surface area contributed by atoms with Crippen LogP contribution >= 0.6 is 0 Å². The maximum Gasteiger partial charge on any atom is 0.315 e. The Morgan fingerprint density at radius 2 is 1.44 bits per heavy atom. The van der Waals surface area contributed by atoms with E-state index in [1.807, 2.05) is 6.92 Å². The zero-order chi connectivity index (χ0) is 14.3. The van der Waals surface area contributed by atoms with Gasteiger partial charge in [0.1, 0.15) is 0 Å². The molecular formula is C13H26N2O3. The van der Waals surface area contributed by atoms with E-state index in [2.05, 4.69) is 24.5 Å². The molecule has 0 aliphatic rings. The van der Waals surface area contributed by atoms with Gasteiger partial charge in [-0.15, -0.1) is 0 Å². The highest BCUT2D eigenvalue weighted by Crippen LogP contribution is 2.12. The molecule has 0 radical (unpaired) electrons. The van der Waals surface area contributed by atoms with Crippen LogP contribution in [0, 0.1) is 11.8 Å². The topological polar surface area (TPSA) is 78.4 Å². The van der Waals surface area contributed by atoms with Crippen molar-refractivity contribution >= 4 is 12.0 Å². The van der Waals surface area contributed by atoms with Crippen molar-refractivity contribution in [1.82, 2.24) is 10.6 Å². The van der Waals surface area contributed by atoms with E-state index < -0.39 is 17.9 Å². The van der Waals surface area contributed by atoms with Gasteiger partial charge in [0.05, 0.1) is 5.92 Å². The van der Waals surface area contributed by atoms with Crippen LogP contribution in [0.25, 0.3) is 0 Å². The van der Waals surface area contributed by atoms with Gasteiger partial charge in [-0.2, -0.15) is 0 Å². The van der Waals surface area contributed by atoms with E-state index in [1.165, 1.54) is 0 Å². The molecular weight excluding hydrogens is 232 g/mol. The van der Waals surface area contributed by atoms with Crippen LogP contribution in [0.1, 0.15) is 47.5 Å². The van der Waals surface area contributed by atoms with Crippen LogP contribution in [0.3, 0.4) is 0 Å². The van der Waals surface area contributed by atoms with Gasteiger partial charge >= 0.3 is 12.0 Å². The van der Waals surface area contributed by atoms with Crippen LogP contribution in [0.5, 0.6) is 0 Å². The Morgan fingerprint density at radius 1 is 1.00 bits per heavy atom. The third kappa shape index (κ3) is 5.38. The van der Waals surface area contributed by atoms with Crippen molar-refractivity contribution in [3.05, 3.63) is 0 Å². The molecule has 0 aliphatic carbocycles. The lowest BCUT2D eigenvalue weighted by atomic mass is 9.96. The van der Waals surface area contributed by atoms with Crippen LogP contribution in [0.15, 0.2) is 0 Å². The molecule has 2 amide bonds. The fourth-order valence-electron chi connectivity index (χ4n) is 1.91. The van der Waals surface area contributed by atoms with Crippen LogP contribution in [0.2, 0.25) is 0 Å². The molecule has 3 atom stereocenters. The zero-order valence-corrected chi connectivity index (χ0v) is 12.0. The second-order valence-corrected chi connectivity index (χ2v) is 4.90. The molecule has 0 rings (SSSR count). The molecule has 0 saturated heterocycles. The standard InChI is InChI=1S/C13H26N2O3/c1-6-11(7-2)10(5)15-13(18)14-9(4)8(3)12(16)17/h8-11H,6-7H2,1-5H3,(H,16,17)(H2,14,15,18). The molecule has 5 nitrogen and oxygen atoms in total.